The molecule has 0 aliphatic heterocycles. The Morgan fingerprint density at radius 1 is 0.673 bits per heavy atom. The fourth-order valence-electron chi connectivity index (χ4n) is 5.68. The topological polar surface area (TPSA) is 169 Å². The minimum absolute atomic E-state index is 0.0389. The summed E-state index contributed by atoms with van der Waals surface area (Å²) in [6.45, 7) is 4.49. The first-order chi connectivity index (χ1) is 26.5. The lowest BCUT2D eigenvalue weighted by Crippen LogP contribution is -2.30. The number of carbonyl (C=O) groups excluding carboxylic acids is 2. The zero-order valence-electron chi connectivity index (χ0n) is 34.7. The van der Waals surface area contributed by atoms with E-state index in [0.717, 1.165) is 38.0 Å². The second-order valence-electron chi connectivity index (χ2n) is 14.8. The molecule has 3 unspecified atom stereocenters. The highest BCUT2D eigenvalue weighted by atomic mass is 31.2. The molecule has 0 bridgehead atoms. The van der Waals surface area contributed by atoms with E-state index in [1.165, 1.54) is 89.9 Å². The lowest BCUT2D eigenvalue weighted by molar-refractivity contribution is -0.161. The molecule has 0 aromatic rings. The van der Waals surface area contributed by atoms with Crippen molar-refractivity contribution in [3.05, 3.63) is 36.5 Å². The van der Waals surface area contributed by atoms with E-state index in [1.807, 2.05) is 12.2 Å². The van der Waals surface area contributed by atoms with Crippen LogP contribution in [0.1, 0.15) is 175 Å². The van der Waals surface area contributed by atoms with Crippen LogP contribution >= 0.6 is 7.82 Å². The number of rotatable bonds is 39. The SMILES string of the molecule is CCCCCCCC/C=C/C/C=C/C=C/C(O)CCCC(=O)O[C@H](COC(=O)CCCCCCCCCCCCC(C)CC)COP(=O)(O)OC[C@@H](O)CO. The number of aliphatic hydroxyl groups is 3. The maximum atomic E-state index is 12.6. The number of aliphatic hydroxyl groups excluding tert-OH is 3. The van der Waals surface area contributed by atoms with Gasteiger partial charge < -0.3 is 29.7 Å². The number of phosphoric acid groups is 1. The van der Waals surface area contributed by atoms with Gasteiger partial charge in [-0.25, -0.2) is 4.57 Å². The molecule has 12 heteroatoms. The van der Waals surface area contributed by atoms with Gasteiger partial charge in [-0.05, 0) is 44.4 Å². The number of allylic oxidation sites excluding steroid dienone is 5. The van der Waals surface area contributed by atoms with Gasteiger partial charge in [-0.2, -0.15) is 0 Å². The summed E-state index contributed by atoms with van der Waals surface area (Å²) in [7, 11) is -4.67. The zero-order chi connectivity index (χ0) is 40.8. The summed E-state index contributed by atoms with van der Waals surface area (Å²) in [4.78, 5) is 35.0. The van der Waals surface area contributed by atoms with E-state index in [-0.39, 0.29) is 19.4 Å². The standard InChI is InChI=1S/C43H79O11P/c1-4-6-7-8-9-10-11-12-13-17-20-23-26-30-39(45)31-28-33-43(48)54-41(37-53-55(49,50)52-35-40(46)34-44)36-51-42(47)32-27-24-21-18-15-14-16-19-22-25-29-38(3)5-2/h12-13,20,23,26,30,38-41,44-46H,4-11,14-19,21-22,24-25,27-29,31-37H2,1-3H3,(H,49,50)/b13-12+,23-20+,30-26+/t38?,39?,40-,41+/m0/s1. The fourth-order valence-corrected chi connectivity index (χ4v) is 6.47. The maximum Gasteiger partial charge on any atom is 0.472 e. The zero-order valence-corrected chi connectivity index (χ0v) is 35.6. The predicted octanol–water partition coefficient (Wildman–Crippen LogP) is 10.00. The molecule has 5 atom stereocenters. The summed E-state index contributed by atoms with van der Waals surface area (Å²) in [5, 5.41) is 28.6. The Kier molecular flexibility index (Phi) is 36.4. The Morgan fingerprint density at radius 2 is 1.27 bits per heavy atom. The first-order valence-corrected chi connectivity index (χ1v) is 22.9. The molecule has 0 heterocycles. The average Bonchev–Trinajstić information content (AvgIpc) is 3.16. The van der Waals surface area contributed by atoms with Gasteiger partial charge in [0, 0.05) is 12.8 Å². The predicted molar refractivity (Wildman–Crippen MR) is 220 cm³/mol. The van der Waals surface area contributed by atoms with E-state index in [4.69, 9.17) is 19.1 Å². The Morgan fingerprint density at radius 3 is 1.93 bits per heavy atom. The normalized spacial score (nSPS) is 15.4. The molecule has 0 rings (SSSR count). The second-order valence-corrected chi connectivity index (χ2v) is 16.3. The molecule has 0 aromatic heterocycles. The van der Waals surface area contributed by atoms with Crippen LogP contribution in [0.25, 0.3) is 0 Å². The lowest BCUT2D eigenvalue weighted by Gasteiger charge is -2.20. The number of phosphoric ester groups is 1. The summed E-state index contributed by atoms with van der Waals surface area (Å²) in [5.74, 6) is -0.290. The fraction of sp³-hybridized carbons (Fsp3) is 0.814. The minimum Gasteiger partial charge on any atom is -0.462 e. The van der Waals surface area contributed by atoms with Crippen LogP contribution in [0.15, 0.2) is 36.5 Å². The number of ether oxygens (including phenoxy) is 2. The van der Waals surface area contributed by atoms with E-state index in [0.29, 0.717) is 19.3 Å². The number of hydrogen-bond acceptors (Lipinski definition) is 10. The summed E-state index contributed by atoms with van der Waals surface area (Å²) in [6.07, 6.45) is 32.8. The van der Waals surface area contributed by atoms with Crippen LogP contribution in [0.5, 0.6) is 0 Å². The Labute approximate surface area is 334 Å². The van der Waals surface area contributed by atoms with Gasteiger partial charge in [0.1, 0.15) is 12.7 Å². The van der Waals surface area contributed by atoms with Gasteiger partial charge in [0.25, 0.3) is 0 Å². The van der Waals surface area contributed by atoms with Crippen molar-refractivity contribution in [1.29, 1.82) is 0 Å². The molecule has 0 amide bonds. The Hall–Kier alpha value is -1.85. The Balaban J connectivity index is 4.51. The highest BCUT2D eigenvalue weighted by molar-refractivity contribution is 7.47. The number of esters is 2. The van der Waals surface area contributed by atoms with E-state index in [9.17, 15) is 29.3 Å². The van der Waals surface area contributed by atoms with Crippen LogP contribution in [0.3, 0.4) is 0 Å². The molecule has 0 aromatic carbocycles. The quantitative estimate of drug-likeness (QED) is 0.0153. The summed E-state index contributed by atoms with van der Waals surface area (Å²) in [6, 6.07) is 0. The molecule has 0 aliphatic carbocycles. The van der Waals surface area contributed by atoms with E-state index < -0.39 is 57.9 Å². The lowest BCUT2D eigenvalue weighted by atomic mass is 9.99. The molecular weight excluding hydrogens is 723 g/mol. The van der Waals surface area contributed by atoms with Crippen molar-refractivity contribution < 1.29 is 52.9 Å². The largest absolute Gasteiger partial charge is 0.472 e. The van der Waals surface area contributed by atoms with Crippen LogP contribution < -0.4 is 0 Å². The van der Waals surface area contributed by atoms with Crippen molar-refractivity contribution in [1.82, 2.24) is 0 Å². The van der Waals surface area contributed by atoms with Gasteiger partial charge in [-0.1, -0.05) is 160 Å². The molecular formula is C43H79O11P. The van der Waals surface area contributed by atoms with Crippen LogP contribution in [0.2, 0.25) is 0 Å². The van der Waals surface area contributed by atoms with Crippen LogP contribution in [0, 0.1) is 5.92 Å². The van der Waals surface area contributed by atoms with Crippen molar-refractivity contribution in [2.75, 3.05) is 26.4 Å². The van der Waals surface area contributed by atoms with Gasteiger partial charge in [0.05, 0.1) is 25.9 Å². The average molecular weight is 803 g/mol. The van der Waals surface area contributed by atoms with Crippen molar-refractivity contribution in [3.8, 4) is 0 Å². The van der Waals surface area contributed by atoms with Gasteiger partial charge in [-0.3, -0.25) is 18.6 Å². The molecule has 11 nitrogen and oxygen atoms in total. The third kappa shape index (κ3) is 37.5. The van der Waals surface area contributed by atoms with E-state index >= 15 is 0 Å². The van der Waals surface area contributed by atoms with Crippen molar-refractivity contribution in [2.24, 2.45) is 5.92 Å². The van der Waals surface area contributed by atoms with E-state index in [1.54, 1.807) is 12.2 Å². The molecule has 0 radical (unpaired) electrons. The van der Waals surface area contributed by atoms with Crippen LogP contribution in [-0.4, -0.2) is 76.9 Å². The highest BCUT2D eigenvalue weighted by Crippen LogP contribution is 2.43. The van der Waals surface area contributed by atoms with Crippen molar-refractivity contribution in [3.63, 3.8) is 0 Å². The van der Waals surface area contributed by atoms with Gasteiger partial charge in [0.15, 0.2) is 6.10 Å². The molecule has 55 heavy (non-hydrogen) atoms. The monoisotopic (exact) mass is 803 g/mol. The van der Waals surface area contributed by atoms with Crippen LogP contribution in [0.4, 0.5) is 0 Å². The second kappa shape index (κ2) is 37.7. The molecule has 4 N–H and O–H groups in total. The molecule has 322 valence electrons. The van der Waals surface area contributed by atoms with Crippen molar-refractivity contribution >= 4 is 19.8 Å². The third-order valence-electron chi connectivity index (χ3n) is 9.44. The van der Waals surface area contributed by atoms with Crippen LogP contribution in [-0.2, 0) is 32.7 Å². The van der Waals surface area contributed by atoms with Crippen molar-refractivity contribution in [2.45, 2.75) is 193 Å². The first-order valence-electron chi connectivity index (χ1n) is 21.4. The number of unbranched alkanes of at least 4 members (excludes halogenated alkanes) is 15. The maximum absolute atomic E-state index is 12.6. The van der Waals surface area contributed by atoms with Gasteiger partial charge >= 0.3 is 19.8 Å². The number of hydrogen-bond donors (Lipinski definition) is 4. The highest BCUT2D eigenvalue weighted by Gasteiger charge is 2.27. The third-order valence-corrected chi connectivity index (χ3v) is 10.4. The smallest absolute Gasteiger partial charge is 0.462 e. The summed E-state index contributed by atoms with van der Waals surface area (Å²) >= 11 is 0. The molecule has 0 fully saturated rings. The number of carbonyl (C=O) groups is 2. The molecule has 0 saturated carbocycles. The van der Waals surface area contributed by atoms with Gasteiger partial charge in [0.2, 0.25) is 0 Å². The molecule has 0 spiro atoms. The summed E-state index contributed by atoms with van der Waals surface area (Å²) in [5.41, 5.74) is 0. The molecule has 0 saturated heterocycles. The minimum atomic E-state index is -4.67. The van der Waals surface area contributed by atoms with E-state index in [2.05, 4.69) is 37.4 Å². The Bertz CT molecular complexity index is 1050. The first kappa shape index (κ1) is 53.1. The van der Waals surface area contributed by atoms with Gasteiger partial charge in [-0.15, -0.1) is 0 Å². The summed E-state index contributed by atoms with van der Waals surface area (Å²) < 4.78 is 32.5. The molecule has 0 aliphatic rings.